The monoisotopic (exact) mass is 250 g/mol. The molecule has 2 rings (SSSR count). The molecule has 0 saturated heterocycles. The van der Waals surface area contributed by atoms with Crippen molar-refractivity contribution in [2.24, 2.45) is 0 Å². The second-order valence-corrected chi connectivity index (χ2v) is 4.26. The highest BCUT2D eigenvalue weighted by atomic mass is 32.1. The molecule has 88 valence electrons. The minimum absolute atomic E-state index is 0.173. The fourth-order valence-corrected chi connectivity index (χ4v) is 2.08. The number of amides is 2. The fraction of sp³-hybridized carbons (Fsp3) is 0.0909. The molecule has 0 unspecified atom stereocenters. The molecule has 0 fully saturated rings. The average Bonchev–Trinajstić information content (AvgIpc) is 2.98. The first-order valence-corrected chi connectivity index (χ1v) is 5.69. The van der Waals surface area contributed by atoms with Gasteiger partial charge in [0.2, 0.25) is 0 Å². The molecule has 2 N–H and O–H groups in total. The van der Waals surface area contributed by atoms with Crippen LogP contribution in [0.3, 0.4) is 0 Å². The molecule has 0 atom stereocenters. The molecule has 0 bridgehead atoms. The van der Waals surface area contributed by atoms with E-state index in [4.69, 9.17) is 4.42 Å². The molecule has 2 amide bonds. The topological polar surface area (TPSA) is 71.3 Å². The Bertz CT molecular complexity index is 531. The summed E-state index contributed by atoms with van der Waals surface area (Å²) in [5.41, 5.74) is 0. The zero-order chi connectivity index (χ0) is 12.3. The van der Waals surface area contributed by atoms with Gasteiger partial charge in [0.1, 0.15) is 0 Å². The van der Waals surface area contributed by atoms with Crippen LogP contribution in [0.4, 0.5) is 5.00 Å². The zero-order valence-corrected chi connectivity index (χ0v) is 9.84. The summed E-state index contributed by atoms with van der Waals surface area (Å²) in [5, 5.41) is 5.77. The Morgan fingerprint density at radius 3 is 2.71 bits per heavy atom. The van der Waals surface area contributed by atoms with Crippen LogP contribution in [0.1, 0.15) is 20.2 Å². The molecule has 0 aromatic carbocycles. The number of anilines is 1. The normalized spacial score (nSPS) is 9.94. The predicted octanol–water partition coefficient (Wildman–Crippen LogP) is 1.95. The van der Waals surface area contributed by atoms with Crippen LogP contribution in [0.15, 0.2) is 34.9 Å². The summed E-state index contributed by atoms with van der Waals surface area (Å²) >= 11 is 1.21. The number of hydrogen-bond acceptors (Lipinski definition) is 4. The third kappa shape index (κ3) is 2.54. The first-order valence-electron chi connectivity index (χ1n) is 4.87. The van der Waals surface area contributed by atoms with Crippen molar-refractivity contribution in [3.8, 4) is 0 Å². The van der Waals surface area contributed by atoms with Gasteiger partial charge in [0.25, 0.3) is 11.8 Å². The van der Waals surface area contributed by atoms with Crippen LogP contribution in [-0.2, 0) is 0 Å². The first-order chi connectivity index (χ1) is 8.20. The maximum absolute atomic E-state index is 11.6. The molecule has 2 aromatic rings. The van der Waals surface area contributed by atoms with Gasteiger partial charge in [0.15, 0.2) is 5.76 Å². The van der Waals surface area contributed by atoms with E-state index in [0.29, 0.717) is 9.88 Å². The summed E-state index contributed by atoms with van der Waals surface area (Å²) < 4.78 is 4.96. The minimum atomic E-state index is -0.333. The average molecular weight is 250 g/mol. The summed E-state index contributed by atoms with van der Waals surface area (Å²) in [4.78, 5) is 23.5. The van der Waals surface area contributed by atoms with E-state index < -0.39 is 0 Å². The van der Waals surface area contributed by atoms with Gasteiger partial charge < -0.3 is 15.1 Å². The Morgan fingerprint density at radius 2 is 2.06 bits per heavy atom. The molecule has 6 heteroatoms. The van der Waals surface area contributed by atoms with Crippen LogP contribution in [0.5, 0.6) is 0 Å². The summed E-state index contributed by atoms with van der Waals surface area (Å²) in [7, 11) is 1.56. The first kappa shape index (κ1) is 11.4. The number of rotatable bonds is 3. The largest absolute Gasteiger partial charge is 0.459 e. The van der Waals surface area contributed by atoms with Gasteiger partial charge in [-0.25, -0.2) is 0 Å². The molecule has 0 aliphatic heterocycles. The van der Waals surface area contributed by atoms with Crippen molar-refractivity contribution in [3.63, 3.8) is 0 Å². The lowest BCUT2D eigenvalue weighted by Crippen LogP contribution is -2.16. The van der Waals surface area contributed by atoms with Gasteiger partial charge in [-0.05, 0) is 24.3 Å². The van der Waals surface area contributed by atoms with Gasteiger partial charge in [-0.1, -0.05) is 0 Å². The maximum atomic E-state index is 11.6. The molecule has 17 heavy (non-hydrogen) atoms. The molecular formula is C11H10N2O3S. The fourth-order valence-electron chi connectivity index (χ4n) is 1.23. The van der Waals surface area contributed by atoms with E-state index in [2.05, 4.69) is 10.6 Å². The van der Waals surface area contributed by atoms with Crippen LogP contribution < -0.4 is 10.6 Å². The highest BCUT2D eigenvalue weighted by molar-refractivity contribution is 7.18. The van der Waals surface area contributed by atoms with Crippen molar-refractivity contribution >= 4 is 28.2 Å². The van der Waals surface area contributed by atoms with Crippen molar-refractivity contribution in [2.75, 3.05) is 12.4 Å². The van der Waals surface area contributed by atoms with Crippen molar-refractivity contribution in [1.82, 2.24) is 5.32 Å². The zero-order valence-electron chi connectivity index (χ0n) is 9.02. The number of nitrogens with one attached hydrogen (secondary N) is 2. The summed E-state index contributed by atoms with van der Waals surface area (Å²) in [5.74, 6) is -0.270. The Morgan fingerprint density at radius 1 is 1.24 bits per heavy atom. The van der Waals surface area contributed by atoms with Crippen LogP contribution in [-0.4, -0.2) is 18.9 Å². The standard InChI is InChI=1S/C11H10N2O3S/c1-12-11(15)8-4-5-9(17-8)13-10(14)7-3-2-6-16-7/h2-6H,1H3,(H,12,15)(H,13,14). The van der Waals surface area contributed by atoms with Gasteiger partial charge in [-0.2, -0.15) is 0 Å². The summed E-state index contributed by atoms with van der Waals surface area (Å²) in [6.45, 7) is 0. The quantitative estimate of drug-likeness (QED) is 0.874. The van der Waals surface area contributed by atoms with Crippen molar-refractivity contribution in [3.05, 3.63) is 41.2 Å². The summed E-state index contributed by atoms with van der Waals surface area (Å²) in [6.07, 6.45) is 1.43. The molecule has 2 heterocycles. The van der Waals surface area contributed by atoms with Crippen LogP contribution in [0, 0.1) is 0 Å². The van der Waals surface area contributed by atoms with E-state index in [0.717, 1.165) is 0 Å². The molecule has 0 aliphatic rings. The Hall–Kier alpha value is -2.08. The van der Waals surface area contributed by atoms with E-state index in [1.807, 2.05) is 0 Å². The van der Waals surface area contributed by atoms with Crippen LogP contribution >= 0.6 is 11.3 Å². The number of carbonyl (C=O) groups is 2. The van der Waals surface area contributed by atoms with Crippen LogP contribution in [0.2, 0.25) is 0 Å². The van der Waals surface area contributed by atoms with Crippen molar-refractivity contribution < 1.29 is 14.0 Å². The SMILES string of the molecule is CNC(=O)c1ccc(NC(=O)c2ccco2)s1. The van der Waals surface area contributed by atoms with Gasteiger partial charge in [-0.15, -0.1) is 11.3 Å². The molecule has 0 aliphatic carbocycles. The lowest BCUT2D eigenvalue weighted by Gasteiger charge is -1.98. The molecule has 2 aromatic heterocycles. The molecule has 0 radical (unpaired) electrons. The lowest BCUT2D eigenvalue weighted by molar-refractivity contribution is 0.0965. The molecule has 0 spiro atoms. The number of carbonyl (C=O) groups excluding carboxylic acids is 2. The Kier molecular flexibility index (Phi) is 3.24. The van der Waals surface area contributed by atoms with Gasteiger partial charge in [0, 0.05) is 7.05 Å². The van der Waals surface area contributed by atoms with E-state index in [1.54, 1.807) is 31.3 Å². The Balaban J connectivity index is 2.07. The third-order valence-corrected chi connectivity index (χ3v) is 3.04. The van der Waals surface area contributed by atoms with E-state index >= 15 is 0 Å². The van der Waals surface area contributed by atoms with E-state index in [1.165, 1.54) is 17.6 Å². The second kappa shape index (κ2) is 4.84. The lowest BCUT2D eigenvalue weighted by atomic mass is 10.4. The van der Waals surface area contributed by atoms with Crippen molar-refractivity contribution in [1.29, 1.82) is 0 Å². The van der Waals surface area contributed by atoms with E-state index in [-0.39, 0.29) is 17.6 Å². The second-order valence-electron chi connectivity index (χ2n) is 3.17. The van der Waals surface area contributed by atoms with Crippen molar-refractivity contribution in [2.45, 2.75) is 0 Å². The highest BCUT2D eigenvalue weighted by Gasteiger charge is 2.12. The Labute approximate surface area is 101 Å². The molecule has 5 nitrogen and oxygen atoms in total. The number of thiophene rings is 1. The van der Waals surface area contributed by atoms with E-state index in [9.17, 15) is 9.59 Å². The van der Waals surface area contributed by atoms with Gasteiger partial charge in [-0.3, -0.25) is 9.59 Å². The maximum Gasteiger partial charge on any atom is 0.291 e. The highest BCUT2D eigenvalue weighted by Crippen LogP contribution is 2.22. The summed E-state index contributed by atoms with van der Waals surface area (Å²) in [6, 6.07) is 6.54. The minimum Gasteiger partial charge on any atom is -0.459 e. The predicted molar refractivity (Wildman–Crippen MR) is 64.4 cm³/mol. The molecular weight excluding hydrogens is 240 g/mol. The number of hydrogen-bond donors (Lipinski definition) is 2. The van der Waals surface area contributed by atoms with Gasteiger partial charge in [0.05, 0.1) is 16.1 Å². The van der Waals surface area contributed by atoms with Crippen LogP contribution in [0.25, 0.3) is 0 Å². The number of furan rings is 1. The smallest absolute Gasteiger partial charge is 0.291 e. The molecule has 0 saturated carbocycles. The third-order valence-electron chi connectivity index (χ3n) is 2.04. The van der Waals surface area contributed by atoms with Gasteiger partial charge >= 0.3 is 0 Å².